The molecular formula is C12H15FN2O3. The molecule has 3 N–H and O–H groups in total. The van der Waals surface area contributed by atoms with E-state index in [-0.39, 0.29) is 12.4 Å². The number of nitrogens with zero attached hydrogens (tertiary/aromatic N) is 1. The first kappa shape index (κ1) is 14.1. The van der Waals surface area contributed by atoms with Gasteiger partial charge in [-0.3, -0.25) is 9.59 Å². The van der Waals surface area contributed by atoms with Gasteiger partial charge in [-0.15, -0.1) is 0 Å². The fraction of sp³-hybridized carbons (Fsp3) is 0.333. The van der Waals surface area contributed by atoms with Gasteiger partial charge in [0.05, 0.1) is 12.5 Å². The van der Waals surface area contributed by atoms with Crippen LogP contribution in [0.2, 0.25) is 0 Å². The van der Waals surface area contributed by atoms with Crippen molar-refractivity contribution in [1.82, 2.24) is 4.90 Å². The van der Waals surface area contributed by atoms with Crippen LogP contribution in [0.25, 0.3) is 0 Å². The predicted molar refractivity (Wildman–Crippen MR) is 63.1 cm³/mol. The molecule has 0 radical (unpaired) electrons. The van der Waals surface area contributed by atoms with Crippen LogP contribution < -0.4 is 5.73 Å². The largest absolute Gasteiger partial charge is 0.481 e. The van der Waals surface area contributed by atoms with Gasteiger partial charge in [0, 0.05) is 13.6 Å². The summed E-state index contributed by atoms with van der Waals surface area (Å²) < 4.78 is 12.7. The molecule has 0 aromatic heterocycles. The van der Waals surface area contributed by atoms with E-state index in [9.17, 15) is 14.0 Å². The average Bonchev–Trinajstić information content (AvgIpc) is 2.30. The number of nitrogens with two attached hydrogens (primary N) is 1. The summed E-state index contributed by atoms with van der Waals surface area (Å²) in [6.45, 7) is 0.256. The fourth-order valence-corrected chi connectivity index (χ4v) is 1.50. The Morgan fingerprint density at radius 2 is 1.94 bits per heavy atom. The van der Waals surface area contributed by atoms with E-state index in [1.54, 1.807) is 12.1 Å². The van der Waals surface area contributed by atoms with Gasteiger partial charge in [0.15, 0.2) is 0 Å². The number of carboxylic acid groups (broad SMARTS) is 1. The number of halogens is 1. The Hall–Kier alpha value is -1.95. The summed E-state index contributed by atoms with van der Waals surface area (Å²) >= 11 is 0. The van der Waals surface area contributed by atoms with Gasteiger partial charge in [0.1, 0.15) is 5.82 Å². The van der Waals surface area contributed by atoms with E-state index >= 15 is 0 Å². The van der Waals surface area contributed by atoms with Gasteiger partial charge in [-0.1, -0.05) is 12.1 Å². The molecule has 0 aliphatic rings. The van der Waals surface area contributed by atoms with Crippen LogP contribution in [0, 0.1) is 5.82 Å². The molecule has 1 aromatic rings. The van der Waals surface area contributed by atoms with Crippen LogP contribution in [0.4, 0.5) is 4.39 Å². The number of benzene rings is 1. The molecule has 1 unspecified atom stereocenters. The monoisotopic (exact) mass is 254 g/mol. The molecule has 0 fully saturated rings. The zero-order valence-corrected chi connectivity index (χ0v) is 9.97. The van der Waals surface area contributed by atoms with Crippen molar-refractivity contribution in [1.29, 1.82) is 0 Å². The Morgan fingerprint density at radius 3 is 2.44 bits per heavy atom. The summed E-state index contributed by atoms with van der Waals surface area (Å²) in [6.07, 6.45) is -0.410. The molecule has 0 saturated carbocycles. The lowest BCUT2D eigenvalue weighted by molar-refractivity contribution is -0.141. The second-order valence-electron chi connectivity index (χ2n) is 4.03. The van der Waals surface area contributed by atoms with Crippen molar-refractivity contribution in [3.63, 3.8) is 0 Å². The molecule has 6 heteroatoms. The maximum atomic E-state index is 12.7. The second kappa shape index (κ2) is 6.11. The van der Waals surface area contributed by atoms with Crippen molar-refractivity contribution < 1.29 is 19.1 Å². The number of carboxylic acids is 1. The van der Waals surface area contributed by atoms with Crippen molar-refractivity contribution in [2.75, 3.05) is 7.05 Å². The van der Waals surface area contributed by atoms with Crippen LogP contribution in [-0.2, 0) is 16.1 Å². The van der Waals surface area contributed by atoms with Crippen molar-refractivity contribution >= 4 is 11.9 Å². The third-order valence-electron chi connectivity index (χ3n) is 2.42. The topological polar surface area (TPSA) is 83.6 Å². The molecule has 0 saturated heterocycles. The Balaban J connectivity index is 2.59. The molecule has 1 amide bonds. The molecule has 1 atom stereocenters. The lowest BCUT2D eigenvalue weighted by atomic mass is 10.1. The lowest BCUT2D eigenvalue weighted by Gasteiger charge is -2.20. The molecule has 18 heavy (non-hydrogen) atoms. The first-order chi connectivity index (χ1) is 8.40. The standard InChI is InChI=1S/C12H15FN2O3/c1-15(12(18)10(14)6-11(16)17)7-8-2-4-9(13)5-3-8/h2-5,10H,6-7,14H2,1H3,(H,16,17). The minimum atomic E-state index is -1.12. The number of carbonyl (C=O) groups excluding carboxylic acids is 1. The summed E-state index contributed by atoms with van der Waals surface area (Å²) in [6, 6.07) is 4.65. The molecule has 5 nitrogen and oxygen atoms in total. The van der Waals surface area contributed by atoms with Gasteiger partial charge in [-0.2, -0.15) is 0 Å². The Bertz CT molecular complexity index is 433. The third kappa shape index (κ3) is 4.14. The SMILES string of the molecule is CN(Cc1ccc(F)cc1)C(=O)C(N)CC(=O)O. The van der Waals surface area contributed by atoms with Crippen LogP contribution in [0.3, 0.4) is 0 Å². The van der Waals surface area contributed by atoms with Gasteiger partial charge in [0.2, 0.25) is 5.91 Å². The minimum Gasteiger partial charge on any atom is -0.481 e. The Kier molecular flexibility index (Phi) is 4.79. The maximum Gasteiger partial charge on any atom is 0.305 e. The molecule has 0 heterocycles. The molecule has 98 valence electrons. The molecule has 0 spiro atoms. The van der Waals surface area contributed by atoms with Crippen LogP contribution >= 0.6 is 0 Å². The highest BCUT2D eigenvalue weighted by molar-refractivity contribution is 5.85. The second-order valence-corrected chi connectivity index (χ2v) is 4.03. The van der Waals surface area contributed by atoms with E-state index < -0.39 is 24.3 Å². The van der Waals surface area contributed by atoms with E-state index in [0.29, 0.717) is 0 Å². The maximum absolute atomic E-state index is 12.7. The summed E-state index contributed by atoms with van der Waals surface area (Å²) in [5, 5.41) is 8.54. The van der Waals surface area contributed by atoms with Gasteiger partial charge in [-0.05, 0) is 17.7 Å². The number of aliphatic carboxylic acids is 1. The summed E-state index contributed by atoms with van der Waals surface area (Å²) in [7, 11) is 1.52. The average molecular weight is 254 g/mol. The smallest absolute Gasteiger partial charge is 0.305 e. The number of hydrogen-bond acceptors (Lipinski definition) is 3. The normalized spacial score (nSPS) is 11.9. The highest BCUT2D eigenvalue weighted by atomic mass is 19.1. The van der Waals surface area contributed by atoms with Crippen molar-refractivity contribution in [2.24, 2.45) is 5.73 Å². The Morgan fingerprint density at radius 1 is 1.39 bits per heavy atom. The van der Waals surface area contributed by atoms with Gasteiger partial charge >= 0.3 is 5.97 Å². The van der Waals surface area contributed by atoms with Gasteiger partial charge < -0.3 is 15.7 Å². The molecule has 0 aliphatic heterocycles. The fourth-order valence-electron chi connectivity index (χ4n) is 1.50. The first-order valence-electron chi connectivity index (χ1n) is 5.37. The van der Waals surface area contributed by atoms with E-state index in [1.165, 1.54) is 24.1 Å². The molecule has 0 aliphatic carbocycles. The zero-order chi connectivity index (χ0) is 13.7. The quantitative estimate of drug-likeness (QED) is 0.805. The lowest BCUT2D eigenvalue weighted by Crippen LogP contribution is -2.42. The molecular weight excluding hydrogens is 239 g/mol. The van der Waals surface area contributed by atoms with E-state index in [0.717, 1.165) is 5.56 Å². The van der Waals surface area contributed by atoms with Gasteiger partial charge in [0.25, 0.3) is 0 Å². The van der Waals surface area contributed by atoms with Crippen molar-refractivity contribution in [3.8, 4) is 0 Å². The minimum absolute atomic E-state index is 0.256. The van der Waals surface area contributed by atoms with E-state index in [2.05, 4.69) is 0 Å². The number of likely N-dealkylation sites (N-methyl/N-ethyl adjacent to an activating group) is 1. The molecule has 0 bridgehead atoms. The highest BCUT2D eigenvalue weighted by Crippen LogP contribution is 2.07. The molecule has 1 aromatic carbocycles. The van der Waals surface area contributed by atoms with E-state index in [4.69, 9.17) is 10.8 Å². The van der Waals surface area contributed by atoms with Crippen LogP contribution in [0.15, 0.2) is 24.3 Å². The van der Waals surface area contributed by atoms with Crippen molar-refractivity contribution in [3.05, 3.63) is 35.6 Å². The van der Waals surface area contributed by atoms with Crippen LogP contribution in [0.1, 0.15) is 12.0 Å². The number of rotatable bonds is 5. The predicted octanol–water partition coefficient (Wildman–Crippen LogP) is 0.586. The van der Waals surface area contributed by atoms with Crippen molar-refractivity contribution in [2.45, 2.75) is 19.0 Å². The first-order valence-corrected chi connectivity index (χ1v) is 5.37. The number of carbonyl (C=O) groups is 2. The zero-order valence-electron chi connectivity index (χ0n) is 9.97. The van der Waals surface area contributed by atoms with Crippen LogP contribution in [-0.4, -0.2) is 35.0 Å². The number of amides is 1. The van der Waals surface area contributed by atoms with E-state index in [1.807, 2.05) is 0 Å². The van der Waals surface area contributed by atoms with Crippen LogP contribution in [0.5, 0.6) is 0 Å². The summed E-state index contributed by atoms with van der Waals surface area (Å²) in [4.78, 5) is 23.5. The summed E-state index contributed by atoms with van der Waals surface area (Å²) in [5.41, 5.74) is 6.21. The summed E-state index contributed by atoms with van der Waals surface area (Å²) in [5.74, 6) is -1.93. The Labute approximate surface area is 104 Å². The number of hydrogen-bond donors (Lipinski definition) is 2. The highest BCUT2D eigenvalue weighted by Gasteiger charge is 2.20. The molecule has 1 rings (SSSR count). The third-order valence-corrected chi connectivity index (χ3v) is 2.42. The van der Waals surface area contributed by atoms with Gasteiger partial charge in [-0.25, -0.2) is 4.39 Å².